The number of carbonyl (C=O) groups is 1. The average molecular weight is 284 g/mol. The average Bonchev–Trinajstić information content (AvgIpc) is 2.67. The van der Waals surface area contributed by atoms with Gasteiger partial charge in [0.2, 0.25) is 0 Å². The Morgan fingerprint density at radius 3 is 3.06 bits per heavy atom. The normalized spacial score (nSPS) is 12.5. The van der Waals surface area contributed by atoms with Gasteiger partial charge >= 0.3 is 0 Å². The van der Waals surface area contributed by atoms with E-state index in [-0.39, 0.29) is 10.7 Å². The minimum absolute atomic E-state index is 0.218. The molecule has 0 aliphatic carbocycles. The van der Waals surface area contributed by atoms with Crippen LogP contribution < -0.4 is 5.32 Å². The van der Waals surface area contributed by atoms with Crippen LogP contribution >= 0.6 is 12.2 Å². The Kier molecular flexibility index (Phi) is 3.93. The van der Waals surface area contributed by atoms with E-state index in [4.69, 9.17) is 16.6 Å². The van der Waals surface area contributed by atoms with Crippen LogP contribution in [0.3, 0.4) is 0 Å². The fourth-order valence-corrected chi connectivity index (χ4v) is 2.09. The Morgan fingerprint density at radius 2 is 2.33 bits per heavy atom. The molecule has 1 aromatic carbocycles. The number of nitrogens with one attached hydrogen (secondary N) is 2. The van der Waals surface area contributed by atoms with Crippen LogP contribution in [0.1, 0.15) is 10.4 Å². The molecule has 2 N–H and O–H groups in total. The lowest BCUT2D eigenvalue weighted by Crippen LogP contribution is -2.27. The maximum absolute atomic E-state index is 11.8. The largest absolute Gasteiger partial charge is 0.429 e. The number of aromatic amines is 1. The molecule has 0 saturated heterocycles. The van der Waals surface area contributed by atoms with Gasteiger partial charge in [0.25, 0.3) is 10.7 Å². The number of rotatable bonds is 4. The monoisotopic (exact) mass is 284 g/mol. The summed E-state index contributed by atoms with van der Waals surface area (Å²) in [5.41, 5.74) is 1.79. The number of hydrogen-bond acceptors (Lipinski definition) is 4. The molecule has 7 heteroatoms. The number of H-pyrrole nitrogens is 1. The van der Waals surface area contributed by atoms with E-state index in [9.17, 15) is 9.00 Å². The van der Waals surface area contributed by atoms with Crippen LogP contribution in [0, 0.1) is 4.84 Å². The fraction of sp³-hybridized carbons (Fsp3) is 0.273. The van der Waals surface area contributed by atoms with Crippen molar-refractivity contribution >= 4 is 40.0 Å². The van der Waals surface area contributed by atoms with Crippen LogP contribution in [0.5, 0.6) is 0 Å². The predicted molar refractivity (Wildman–Crippen MR) is 72.7 cm³/mol. The highest BCUT2D eigenvalue weighted by Gasteiger charge is 2.08. The highest BCUT2D eigenvalue weighted by molar-refractivity contribution is 7.84. The first-order valence-corrected chi connectivity index (χ1v) is 7.41. The SMILES string of the molecule is C[S@](=O)CCNC(=O)c1ccc2[nH]c(=S)oc2c1. The summed E-state index contributed by atoms with van der Waals surface area (Å²) in [6, 6.07) is 5.04. The van der Waals surface area contributed by atoms with E-state index in [0.717, 1.165) is 5.52 Å². The number of aromatic nitrogens is 1. The molecular formula is C11H12N2O3S2. The molecule has 1 aromatic heterocycles. The molecule has 18 heavy (non-hydrogen) atoms. The van der Waals surface area contributed by atoms with Gasteiger partial charge in [-0.2, -0.15) is 0 Å². The van der Waals surface area contributed by atoms with Crippen molar-refractivity contribution < 1.29 is 13.4 Å². The molecule has 2 aromatic rings. The number of amides is 1. The fourth-order valence-electron chi connectivity index (χ4n) is 1.50. The highest BCUT2D eigenvalue weighted by Crippen LogP contribution is 2.15. The molecule has 96 valence electrons. The molecule has 2 rings (SSSR count). The van der Waals surface area contributed by atoms with Crippen LogP contribution in [-0.4, -0.2) is 33.7 Å². The van der Waals surface area contributed by atoms with Crippen LogP contribution in [0.2, 0.25) is 0 Å². The van der Waals surface area contributed by atoms with E-state index in [1.165, 1.54) is 0 Å². The van der Waals surface area contributed by atoms with Gasteiger partial charge in [-0.1, -0.05) is 0 Å². The quantitative estimate of drug-likeness (QED) is 0.836. The zero-order valence-corrected chi connectivity index (χ0v) is 11.3. The molecular weight excluding hydrogens is 272 g/mol. The molecule has 0 unspecified atom stereocenters. The van der Waals surface area contributed by atoms with E-state index in [0.29, 0.717) is 23.4 Å². The van der Waals surface area contributed by atoms with Crippen molar-refractivity contribution in [2.24, 2.45) is 0 Å². The number of hydrogen-bond donors (Lipinski definition) is 2. The van der Waals surface area contributed by atoms with Crippen molar-refractivity contribution in [1.82, 2.24) is 10.3 Å². The number of carbonyl (C=O) groups excluding carboxylic acids is 1. The van der Waals surface area contributed by atoms with Gasteiger partial charge in [0.1, 0.15) is 0 Å². The maximum atomic E-state index is 11.8. The Hall–Kier alpha value is -1.47. The van der Waals surface area contributed by atoms with Crippen molar-refractivity contribution in [2.75, 3.05) is 18.6 Å². The molecule has 0 radical (unpaired) electrons. The Balaban J connectivity index is 2.12. The first-order chi connectivity index (χ1) is 8.56. The van der Waals surface area contributed by atoms with Crippen LogP contribution in [-0.2, 0) is 10.8 Å². The Labute approximate surface area is 111 Å². The van der Waals surface area contributed by atoms with Crippen LogP contribution in [0.15, 0.2) is 22.6 Å². The molecule has 1 atom stereocenters. The first kappa shape index (κ1) is 13.0. The second-order valence-electron chi connectivity index (χ2n) is 3.76. The van der Waals surface area contributed by atoms with Gasteiger partial charge in [0.15, 0.2) is 5.58 Å². The van der Waals surface area contributed by atoms with Gasteiger partial charge in [-0.05, 0) is 30.4 Å². The molecule has 0 bridgehead atoms. The number of benzene rings is 1. The smallest absolute Gasteiger partial charge is 0.266 e. The second kappa shape index (κ2) is 5.45. The van der Waals surface area contributed by atoms with Crippen LogP contribution in [0.4, 0.5) is 0 Å². The first-order valence-electron chi connectivity index (χ1n) is 5.27. The van der Waals surface area contributed by atoms with Crippen molar-refractivity contribution in [1.29, 1.82) is 0 Å². The summed E-state index contributed by atoms with van der Waals surface area (Å²) in [5.74, 6) is 0.225. The van der Waals surface area contributed by atoms with E-state index < -0.39 is 10.8 Å². The standard InChI is InChI=1S/C11H12N2O3S2/c1-18(15)5-4-12-10(14)7-2-3-8-9(6-7)16-11(17)13-8/h2-3,6H,4-5H2,1H3,(H,12,14)(H,13,17)/t18-/m0/s1. The van der Waals surface area contributed by atoms with E-state index in [2.05, 4.69) is 10.3 Å². The predicted octanol–water partition coefficient (Wildman–Crippen LogP) is 1.60. The summed E-state index contributed by atoms with van der Waals surface area (Å²) >= 11 is 4.86. The van der Waals surface area contributed by atoms with E-state index in [1.54, 1.807) is 24.5 Å². The van der Waals surface area contributed by atoms with Crippen molar-refractivity contribution in [3.05, 3.63) is 28.6 Å². The molecule has 0 aliphatic rings. The summed E-state index contributed by atoms with van der Waals surface area (Å²) in [6.07, 6.45) is 1.60. The summed E-state index contributed by atoms with van der Waals surface area (Å²) in [6.45, 7) is 0.385. The van der Waals surface area contributed by atoms with E-state index in [1.807, 2.05) is 0 Å². The van der Waals surface area contributed by atoms with Gasteiger partial charge in [0.05, 0.1) is 5.52 Å². The van der Waals surface area contributed by atoms with Gasteiger partial charge < -0.3 is 14.7 Å². The van der Waals surface area contributed by atoms with Crippen molar-refractivity contribution in [2.45, 2.75) is 0 Å². The van der Waals surface area contributed by atoms with Gasteiger partial charge in [-0.15, -0.1) is 0 Å². The maximum Gasteiger partial charge on any atom is 0.266 e. The topological polar surface area (TPSA) is 75.1 Å². The second-order valence-corrected chi connectivity index (χ2v) is 5.68. The number of oxazole rings is 1. The summed E-state index contributed by atoms with van der Waals surface area (Å²) in [4.78, 5) is 14.9. The van der Waals surface area contributed by atoms with Crippen LogP contribution in [0.25, 0.3) is 11.1 Å². The summed E-state index contributed by atoms with van der Waals surface area (Å²) < 4.78 is 16.1. The summed E-state index contributed by atoms with van der Waals surface area (Å²) in [5, 5.41) is 2.69. The van der Waals surface area contributed by atoms with Crippen molar-refractivity contribution in [3.8, 4) is 0 Å². The Morgan fingerprint density at radius 1 is 1.56 bits per heavy atom. The molecule has 1 amide bonds. The van der Waals surface area contributed by atoms with E-state index >= 15 is 0 Å². The lowest BCUT2D eigenvalue weighted by atomic mass is 10.2. The zero-order valence-electron chi connectivity index (χ0n) is 9.69. The third kappa shape index (κ3) is 3.05. The lowest BCUT2D eigenvalue weighted by Gasteiger charge is -2.03. The third-order valence-electron chi connectivity index (χ3n) is 2.36. The molecule has 1 heterocycles. The van der Waals surface area contributed by atoms with Gasteiger partial charge in [0, 0.05) is 34.9 Å². The summed E-state index contributed by atoms with van der Waals surface area (Å²) in [7, 11) is -0.909. The molecule has 0 saturated carbocycles. The molecule has 0 fully saturated rings. The van der Waals surface area contributed by atoms with Crippen molar-refractivity contribution in [3.63, 3.8) is 0 Å². The number of fused-ring (bicyclic) bond motifs is 1. The molecule has 0 spiro atoms. The van der Waals surface area contributed by atoms with Gasteiger partial charge in [-0.3, -0.25) is 9.00 Å². The molecule has 5 nitrogen and oxygen atoms in total. The zero-order chi connectivity index (χ0) is 13.1. The third-order valence-corrected chi connectivity index (χ3v) is 3.32. The van der Waals surface area contributed by atoms with Gasteiger partial charge in [-0.25, -0.2) is 0 Å². The Bertz CT molecular complexity index is 660. The minimum atomic E-state index is -0.909. The lowest BCUT2D eigenvalue weighted by molar-refractivity contribution is 0.0956. The highest BCUT2D eigenvalue weighted by atomic mass is 32.2. The minimum Gasteiger partial charge on any atom is -0.429 e. The molecule has 0 aliphatic heterocycles.